The van der Waals surface area contributed by atoms with Gasteiger partial charge in [0.2, 0.25) is 0 Å². The molecule has 2 rings (SSSR count). The van der Waals surface area contributed by atoms with Crippen LogP contribution in [0.2, 0.25) is 0 Å². The zero-order valence-corrected chi connectivity index (χ0v) is 11.1. The van der Waals surface area contributed by atoms with Crippen LogP contribution in [-0.2, 0) is 11.3 Å². The summed E-state index contributed by atoms with van der Waals surface area (Å²) < 4.78 is 14.9. The summed E-state index contributed by atoms with van der Waals surface area (Å²) in [4.78, 5) is 15.4. The number of nitrogens with zero attached hydrogens (tertiary/aromatic N) is 2. The van der Waals surface area contributed by atoms with E-state index in [1.165, 1.54) is 24.4 Å². The lowest BCUT2D eigenvalue weighted by Crippen LogP contribution is -2.23. The molecule has 5 nitrogen and oxygen atoms in total. The predicted octanol–water partition coefficient (Wildman–Crippen LogP) is 2.67. The van der Waals surface area contributed by atoms with Crippen LogP contribution >= 0.6 is 0 Å². The third kappa shape index (κ3) is 3.14. The van der Waals surface area contributed by atoms with Gasteiger partial charge in [0.05, 0.1) is 18.2 Å². The van der Waals surface area contributed by atoms with Crippen LogP contribution in [0.15, 0.2) is 36.8 Å². The molecule has 0 aliphatic rings. The molecule has 0 saturated heterocycles. The smallest absolute Gasteiger partial charge is 0.332 e. The number of carboxylic acids is 1. The van der Waals surface area contributed by atoms with Gasteiger partial charge in [0.15, 0.2) is 6.04 Å². The summed E-state index contributed by atoms with van der Waals surface area (Å²) >= 11 is 0. The van der Waals surface area contributed by atoms with Crippen LogP contribution in [0.25, 0.3) is 0 Å². The Bertz CT molecular complexity index is 598. The summed E-state index contributed by atoms with van der Waals surface area (Å²) in [7, 11) is 0. The Hall–Kier alpha value is -2.37. The number of aryl methyl sites for hydroxylation is 1. The third-order valence-corrected chi connectivity index (χ3v) is 2.89. The van der Waals surface area contributed by atoms with Gasteiger partial charge in [-0.3, -0.25) is 0 Å². The van der Waals surface area contributed by atoms with Gasteiger partial charge >= 0.3 is 5.97 Å². The van der Waals surface area contributed by atoms with Crippen molar-refractivity contribution in [3.63, 3.8) is 0 Å². The molecule has 0 aliphatic heterocycles. The molecular weight excluding hydrogens is 261 g/mol. The molecule has 6 heteroatoms. The van der Waals surface area contributed by atoms with E-state index in [0.29, 0.717) is 17.9 Å². The minimum atomic E-state index is -1.04. The Morgan fingerprint density at radius 3 is 3.00 bits per heavy atom. The molecule has 1 heterocycles. The van der Waals surface area contributed by atoms with E-state index in [1.54, 1.807) is 17.0 Å². The summed E-state index contributed by atoms with van der Waals surface area (Å²) in [5.74, 6) is -1.45. The first kappa shape index (κ1) is 14.0. The maximum Gasteiger partial charge on any atom is 0.332 e. The molecule has 0 radical (unpaired) electrons. The van der Waals surface area contributed by atoms with Gasteiger partial charge in [-0.25, -0.2) is 14.2 Å². The largest absolute Gasteiger partial charge is 0.479 e. The Labute approximate surface area is 116 Å². The highest BCUT2D eigenvalue weighted by Crippen LogP contribution is 2.20. The molecule has 2 aromatic rings. The number of halogens is 1. The van der Waals surface area contributed by atoms with Gasteiger partial charge in [0.25, 0.3) is 0 Å². The average Bonchev–Trinajstić information content (AvgIpc) is 2.84. The van der Waals surface area contributed by atoms with E-state index >= 15 is 0 Å². The fourth-order valence-electron chi connectivity index (χ4n) is 2.01. The number of carbonyl (C=O) groups is 1. The van der Waals surface area contributed by atoms with E-state index in [9.17, 15) is 14.3 Å². The van der Waals surface area contributed by atoms with E-state index in [2.05, 4.69) is 10.3 Å². The van der Waals surface area contributed by atoms with E-state index in [-0.39, 0.29) is 0 Å². The van der Waals surface area contributed by atoms with E-state index in [1.807, 2.05) is 6.92 Å². The topological polar surface area (TPSA) is 67.2 Å². The first-order chi connectivity index (χ1) is 9.61. The van der Waals surface area contributed by atoms with Crippen molar-refractivity contribution in [1.82, 2.24) is 9.55 Å². The maximum absolute atomic E-state index is 13.2. The number of carboxylic acid groups (broad SMARTS) is 1. The third-order valence-electron chi connectivity index (χ3n) is 2.89. The highest BCUT2D eigenvalue weighted by atomic mass is 19.1. The van der Waals surface area contributed by atoms with Crippen molar-refractivity contribution in [2.45, 2.75) is 25.9 Å². The monoisotopic (exact) mass is 277 g/mol. The fourth-order valence-corrected chi connectivity index (χ4v) is 2.01. The Kier molecular flexibility index (Phi) is 4.34. The van der Waals surface area contributed by atoms with Crippen molar-refractivity contribution >= 4 is 11.7 Å². The Balaban J connectivity index is 2.27. The van der Waals surface area contributed by atoms with Gasteiger partial charge in [-0.1, -0.05) is 13.0 Å². The van der Waals surface area contributed by atoms with Crippen molar-refractivity contribution in [3.8, 4) is 0 Å². The first-order valence-corrected chi connectivity index (χ1v) is 6.36. The Morgan fingerprint density at radius 2 is 2.35 bits per heavy atom. The zero-order chi connectivity index (χ0) is 14.5. The van der Waals surface area contributed by atoms with Gasteiger partial charge < -0.3 is 15.0 Å². The zero-order valence-electron chi connectivity index (χ0n) is 11.1. The molecule has 1 aromatic heterocycles. The number of hydrogen-bond acceptors (Lipinski definition) is 3. The second-order valence-electron chi connectivity index (χ2n) is 4.44. The summed E-state index contributed by atoms with van der Waals surface area (Å²) in [5, 5.41) is 12.2. The molecule has 0 fully saturated rings. The van der Waals surface area contributed by atoms with Crippen LogP contribution in [0.1, 0.15) is 25.1 Å². The van der Waals surface area contributed by atoms with Gasteiger partial charge in [-0.15, -0.1) is 0 Å². The van der Waals surface area contributed by atoms with Crippen molar-refractivity contribution < 1.29 is 14.3 Å². The molecule has 0 spiro atoms. The Morgan fingerprint density at radius 1 is 1.55 bits per heavy atom. The molecule has 0 saturated carbocycles. The van der Waals surface area contributed by atoms with Crippen molar-refractivity contribution in [2.24, 2.45) is 0 Å². The summed E-state index contributed by atoms with van der Waals surface area (Å²) in [6.07, 6.45) is 3.98. The summed E-state index contributed by atoms with van der Waals surface area (Å²) in [6, 6.07) is 4.75. The van der Waals surface area contributed by atoms with Crippen molar-refractivity contribution in [3.05, 3.63) is 48.3 Å². The molecular formula is C14H16FN3O2. The van der Waals surface area contributed by atoms with E-state index < -0.39 is 17.8 Å². The highest BCUT2D eigenvalue weighted by molar-refractivity contribution is 5.78. The van der Waals surface area contributed by atoms with Crippen LogP contribution in [0.5, 0.6) is 0 Å². The minimum absolute atomic E-state index is 0.416. The summed E-state index contributed by atoms with van der Waals surface area (Å²) in [6.45, 7) is 2.68. The SMILES string of the molecule is CCCn1cncc1C(Nc1cccc(F)c1)C(=O)O. The number of aromatic nitrogens is 2. The minimum Gasteiger partial charge on any atom is -0.479 e. The quantitative estimate of drug-likeness (QED) is 0.852. The summed E-state index contributed by atoms with van der Waals surface area (Å²) in [5.41, 5.74) is 0.963. The first-order valence-electron chi connectivity index (χ1n) is 6.36. The second-order valence-corrected chi connectivity index (χ2v) is 4.44. The number of benzene rings is 1. The van der Waals surface area contributed by atoms with E-state index in [4.69, 9.17) is 0 Å². The normalized spacial score (nSPS) is 12.1. The van der Waals surface area contributed by atoms with Gasteiger partial charge in [-0.2, -0.15) is 0 Å². The lowest BCUT2D eigenvalue weighted by atomic mass is 10.2. The van der Waals surface area contributed by atoms with Crippen LogP contribution in [-0.4, -0.2) is 20.6 Å². The maximum atomic E-state index is 13.2. The number of rotatable bonds is 6. The molecule has 1 aromatic carbocycles. The van der Waals surface area contributed by atoms with E-state index in [0.717, 1.165) is 6.42 Å². The lowest BCUT2D eigenvalue weighted by Gasteiger charge is -2.17. The van der Waals surface area contributed by atoms with Crippen LogP contribution < -0.4 is 5.32 Å². The molecule has 106 valence electrons. The molecule has 2 N–H and O–H groups in total. The lowest BCUT2D eigenvalue weighted by molar-refractivity contribution is -0.138. The van der Waals surface area contributed by atoms with Gasteiger partial charge in [-0.05, 0) is 24.6 Å². The standard InChI is InChI=1S/C14H16FN3O2/c1-2-6-18-9-16-8-12(18)13(14(19)20)17-11-5-3-4-10(15)7-11/h3-5,7-9,13,17H,2,6H2,1H3,(H,19,20). The molecule has 1 unspecified atom stereocenters. The highest BCUT2D eigenvalue weighted by Gasteiger charge is 2.23. The average molecular weight is 277 g/mol. The second kappa shape index (κ2) is 6.18. The number of aliphatic carboxylic acids is 1. The van der Waals surface area contributed by atoms with Crippen LogP contribution in [0.4, 0.5) is 10.1 Å². The molecule has 0 bridgehead atoms. The number of nitrogens with one attached hydrogen (secondary N) is 1. The molecule has 20 heavy (non-hydrogen) atoms. The predicted molar refractivity (Wildman–Crippen MR) is 72.9 cm³/mol. The van der Waals surface area contributed by atoms with Crippen LogP contribution in [0, 0.1) is 5.82 Å². The fraction of sp³-hybridized carbons (Fsp3) is 0.286. The number of imidazole rings is 1. The molecule has 0 aliphatic carbocycles. The van der Waals surface area contributed by atoms with Gasteiger partial charge in [0, 0.05) is 12.2 Å². The molecule has 1 atom stereocenters. The van der Waals surface area contributed by atoms with Crippen molar-refractivity contribution in [1.29, 1.82) is 0 Å². The van der Waals surface area contributed by atoms with Crippen molar-refractivity contribution in [2.75, 3.05) is 5.32 Å². The van der Waals surface area contributed by atoms with Gasteiger partial charge in [0.1, 0.15) is 5.82 Å². The number of hydrogen-bond donors (Lipinski definition) is 2. The number of anilines is 1. The molecule has 0 amide bonds. The van der Waals surface area contributed by atoms with Crippen LogP contribution in [0.3, 0.4) is 0 Å².